The van der Waals surface area contributed by atoms with Crippen LogP contribution in [0.15, 0.2) is 24.3 Å². The number of para-hydroxylation sites is 1. The monoisotopic (exact) mass is 269 g/mol. The van der Waals surface area contributed by atoms with Crippen molar-refractivity contribution >= 4 is 0 Å². The maximum absolute atomic E-state index is 12.5. The third kappa shape index (κ3) is 3.66. The molecule has 1 aliphatic rings. The fourth-order valence-corrected chi connectivity index (χ4v) is 2.89. The van der Waals surface area contributed by atoms with Crippen molar-refractivity contribution < 1.29 is 13.5 Å². The molecule has 1 saturated heterocycles. The first-order valence-corrected chi connectivity index (χ1v) is 6.85. The third-order valence-corrected chi connectivity index (χ3v) is 3.61. The fraction of sp³-hybridized carbons (Fsp3) is 0.600. The molecule has 0 spiro atoms. The van der Waals surface area contributed by atoms with Crippen LogP contribution in [0.25, 0.3) is 0 Å². The van der Waals surface area contributed by atoms with Gasteiger partial charge in [-0.2, -0.15) is 8.78 Å². The Balaban J connectivity index is 2.20. The van der Waals surface area contributed by atoms with E-state index in [4.69, 9.17) is 0 Å². The van der Waals surface area contributed by atoms with Crippen LogP contribution in [-0.2, 0) is 0 Å². The molecule has 2 unspecified atom stereocenters. The molecule has 2 atom stereocenters. The average Bonchev–Trinajstić information content (AvgIpc) is 2.76. The zero-order valence-electron chi connectivity index (χ0n) is 11.4. The largest absolute Gasteiger partial charge is 0.435 e. The fourth-order valence-electron chi connectivity index (χ4n) is 2.89. The van der Waals surface area contributed by atoms with Gasteiger partial charge in [-0.25, -0.2) is 0 Å². The normalized spacial score (nSPS) is 23.3. The second-order valence-electron chi connectivity index (χ2n) is 5.50. The number of nitrogens with one attached hydrogen (secondary N) is 1. The van der Waals surface area contributed by atoms with Crippen molar-refractivity contribution in [3.8, 4) is 5.75 Å². The molecule has 0 aliphatic carbocycles. The van der Waals surface area contributed by atoms with Crippen molar-refractivity contribution in [2.24, 2.45) is 5.92 Å². The van der Waals surface area contributed by atoms with E-state index >= 15 is 0 Å². The number of hydrogen-bond acceptors (Lipinski definition) is 2. The molecule has 1 aromatic rings. The van der Waals surface area contributed by atoms with Gasteiger partial charge in [0.2, 0.25) is 0 Å². The summed E-state index contributed by atoms with van der Waals surface area (Å²) in [5.41, 5.74) is 0.901. The predicted octanol–water partition coefficient (Wildman–Crippen LogP) is 3.78. The molecule has 2 rings (SSSR count). The molecule has 0 bridgehead atoms. The summed E-state index contributed by atoms with van der Waals surface area (Å²) in [6, 6.07) is 7.51. The second-order valence-corrected chi connectivity index (χ2v) is 5.50. The smallest absolute Gasteiger partial charge is 0.387 e. The standard InChI is InChI=1S/C15H21F2NO/c1-10(2)9-13-11(7-8-18-13)12-5-3-4-6-14(12)19-15(16)17/h3-6,10-11,13,15,18H,7-9H2,1-2H3. The maximum atomic E-state index is 12.5. The summed E-state index contributed by atoms with van der Waals surface area (Å²) >= 11 is 0. The number of halogens is 2. The number of ether oxygens (including phenoxy) is 1. The lowest BCUT2D eigenvalue weighted by molar-refractivity contribution is -0.0506. The Morgan fingerprint density at radius 1 is 1.32 bits per heavy atom. The average molecular weight is 269 g/mol. The third-order valence-electron chi connectivity index (χ3n) is 3.61. The van der Waals surface area contributed by atoms with Crippen molar-refractivity contribution in [1.82, 2.24) is 5.32 Å². The van der Waals surface area contributed by atoms with Crippen LogP contribution in [0.4, 0.5) is 8.78 Å². The topological polar surface area (TPSA) is 21.3 Å². The second kappa shape index (κ2) is 6.33. The van der Waals surface area contributed by atoms with Gasteiger partial charge in [0.1, 0.15) is 5.75 Å². The van der Waals surface area contributed by atoms with Crippen molar-refractivity contribution in [1.29, 1.82) is 0 Å². The maximum Gasteiger partial charge on any atom is 0.387 e. The summed E-state index contributed by atoms with van der Waals surface area (Å²) in [5, 5.41) is 3.47. The van der Waals surface area contributed by atoms with E-state index in [9.17, 15) is 8.78 Å². The molecular formula is C15H21F2NO. The first kappa shape index (κ1) is 14.3. The molecule has 1 heterocycles. The van der Waals surface area contributed by atoms with Crippen LogP contribution in [-0.4, -0.2) is 19.2 Å². The molecule has 0 aromatic heterocycles. The van der Waals surface area contributed by atoms with Crippen LogP contribution in [0.2, 0.25) is 0 Å². The first-order valence-electron chi connectivity index (χ1n) is 6.85. The van der Waals surface area contributed by atoms with Crippen molar-refractivity contribution in [3.63, 3.8) is 0 Å². The van der Waals surface area contributed by atoms with Crippen LogP contribution in [0.5, 0.6) is 5.75 Å². The minimum absolute atomic E-state index is 0.261. The molecule has 106 valence electrons. The van der Waals surface area contributed by atoms with E-state index in [2.05, 4.69) is 23.9 Å². The summed E-state index contributed by atoms with van der Waals surface area (Å²) in [6.45, 7) is 2.53. The zero-order valence-corrected chi connectivity index (χ0v) is 11.4. The van der Waals surface area contributed by atoms with Crippen LogP contribution in [0.3, 0.4) is 0 Å². The summed E-state index contributed by atoms with van der Waals surface area (Å²) in [7, 11) is 0. The van der Waals surface area contributed by atoms with Gasteiger partial charge >= 0.3 is 6.61 Å². The Morgan fingerprint density at radius 3 is 2.74 bits per heavy atom. The van der Waals surface area contributed by atoms with Crippen LogP contribution in [0.1, 0.15) is 38.2 Å². The molecule has 4 heteroatoms. The van der Waals surface area contributed by atoms with Crippen LogP contribution < -0.4 is 10.1 Å². The van der Waals surface area contributed by atoms with E-state index in [-0.39, 0.29) is 5.92 Å². The first-order chi connectivity index (χ1) is 9.08. The summed E-state index contributed by atoms with van der Waals surface area (Å²) < 4.78 is 29.6. The molecular weight excluding hydrogens is 248 g/mol. The van der Waals surface area contributed by atoms with Gasteiger partial charge in [0.05, 0.1) is 0 Å². The molecule has 19 heavy (non-hydrogen) atoms. The minimum Gasteiger partial charge on any atom is -0.435 e. The van der Waals surface area contributed by atoms with E-state index in [0.29, 0.717) is 17.7 Å². The number of benzene rings is 1. The Kier molecular flexibility index (Phi) is 4.75. The highest BCUT2D eigenvalue weighted by atomic mass is 19.3. The lowest BCUT2D eigenvalue weighted by atomic mass is 9.87. The van der Waals surface area contributed by atoms with E-state index in [1.165, 1.54) is 0 Å². The van der Waals surface area contributed by atoms with Gasteiger partial charge in [0, 0.05) is 12.0 Å². The lowest BCUT2D eigenvalue weighted by Crippen LogP contribution is -2.27. The Labute approximate surface area is 113 Å². The van der Waals surface area contributed by atoms with Gasteiger partial charge in [-0.05, 0) is 36.9 Å². The van der Waals surface area contributed by atoms with Crippen LogP contribution in [0, 0.1) is 5.92 Å². The quantitative estimate of drug-likeness (QED) is 0.878. The van der Waals surface area contributed by atoms with Crippen LogP contribution >= 0.6 is 0 Å². The molecule has 1 aliphatic heterocycles. The molecule has 1 N–H and O–H groups in total. The Bertz CT molecular complexity index is 409. The summed E-state index contributed by atoms with van der Waals surface area (Å²) in [5.74, 6) is 1.17. The molecule has 1 fully saturated rings. The summed E-state index contributed by atoms with van der Waals surface area (Å²) in [4.78, 5) is 0. The van der Waals surface area contributed by atoms with Gasteiger partial charge in [-0.3, -0.25) is 0 Å². The molecule has 1 aromatic carbocycles. The Hall–Kier alpha value is -1.16. The van der Waals surface area contributed by atoms with Gasteiger partial charge in [-0.15, -0.1) is 0 Å². The predicted molar refractivity (Wildman–Crippen MR) is 71.7 cm³/mol. The van der Waals surface area contributed by atoms with Gasteiger partial charge < -0.3 is 10.1 Å². The molecule has 0 radical (unpaired) electrons. The van der Waals surface area contributed by atoms with Crippen molar-refractivity contribution in [2.45, 2.75) is 45.3 Å². The lowest BCUT2D eigenvalue weighted by Gasteiger charge is -2.23. The van der Waals surface area contributed by atoms with Crippen molar-refractivity contribution in [2.75, 3.05) is 6.54 Å². The Morgan fingerprint density at radius 2 is 2.05 bits per heavy atom. The van der Waals surface area contributed by atoms with Crippen molar-refractivity contribution in [3.05, 3.63) is 29.8 Å². The van der Waals surface area contributed by atoms with E-state index in [1.54, 1.807) is 12.1 Å². The number of rotatable bonds is 5. The SMILES string of the molecule is CC(C)CC1NCCC1c1ccccc1OC(F)F. The van der Waals surface area contributed by atoms with E-state index in [1.807, 2.05) is 12.1 Å². The number of hydrogen-bond donors (Lipinski definition) is 1. The highest BCUT2D eigenvalue weighted by Gasteiger charge is 2.30. The minimum atomic E-state index is -2.76. The van der Waals surface area contributed by atoms with Gasteiger partial charge in [0.15, 0.2) is 0 Å². The summed E-state index contributed by atoms with van der Waals surface area (Å²) in [6.07, 6.45) is 2.02. The van der Waals surface area contributed by atoms with E-state index in [0.717, 1.165) is 24.9 Å². The van der Waals surface area contributed by atoms with Gasteiger partial charge in [0.25, 0.3) is 0 Å². The van der Waals surface area contributed by atoms with E-state index < -0.39 is 6.61 Å². The highest BCUT2D eigenvalue weighted by molar-refractivity contribution is 5.38. The number of alkyl halides is 2. The molecule has 0 saturated carbocycles. The molecule has 2 nitrogen and oxygen atoms in total. The zero-order chi connectivity index (χ0) is 13.8. The molecule has 0 amide bonds. The highest BCUT2D eigenvalue weighted by Crippen LogP contribution is 2.36. The van der Waals surface area contributed by atoms with Gasteiger partial charge in [-0.1, -0.05) is 32.0 Å².